The van der Waals surface area contributed by atoms with Crippen LogP contribution in [0.15, 0.2) is 54.6 Å². The molecular formula is C19H22N2O2. The van der Waals surface area contributed by atoms with E-state index in [1.807, 2.05) is 24.3 Å². The summed E-state index contributed by atoms with van der Waals surface area (Å²) in [5.74, 6) is 0.672. The maximum absolute atomic E-state index is 12.3. The van der Waals surface area contributed by atoms with Crippen molar-refractivity contribution >= 4 is 5.91 Å². The molecule has 0 bridgehead atoms. The Morgan fingerprint density at radius 2 is 2.04 bits per heavy atom. The number of hydrogen-bond acceptors (Lipinski definition) is 3. The van der Waals surface area contributed by atoms with Crippen LogP contribution in [0.25, 0.3) is 0 Å². The third-order valence-corrected chi connectivity index (χ3v) is 4.19. The van der Waals surface area contributed by atoms with Gasteiger partial charge >= 0.3 is 0 Å². The quantitative estimate of drug-likeness (QED) is 0.923. The number of benzene rings is 2. The Morgan fingerprint density at radius 1 is 1.22 bits per heavy atom. The summed E-state index contributed by atoms with van der Waals surface area (Å²) in [6, 6.07) is 17.9. The minimum Gasteiger partial charge on any atom is -0.497 e. The first-order valence-corrected chi connectivity index (χ1v) is 7.96. The lowest BCUT2D eigenvalue weighted by Gasteiger charge is -2.17. The summed E-state index contributed by atoms with van der Waals surface area (Å²) < 4.78 is 5.17. The minimum absolute atomic E-state index is 0.0320. The van der Waals surface area contributed by atoms with E-state index in [1.165, 1.54) is 5.56 Å². The lowest BCUT2D eigenvalue weighted by atomic mass is 10.1. The summed E-state index contributed by atoms with van der Waals surface area (Å²) in [4.78, 5) is 14.7. The molecule has 23 heavy (non-hydrogen) atoms. The lowest BCUT2D eigenvalue weighted by Crippen LogP contribution is -2.36. The molecule has 4 nitrogen and oxygen atoms in total. The number of nitrogens with one attached hydrogen (secondary N) is 1. The van der Waals surface area contributed by atoms with Crippen LogP contribution in [0.1, 0.15) is 22.3 Å². The van der Waals surface area contributed by atoms with Gasteiger partial charge in [-0.1, -0.05) is 36.4 Å². The van der Waals surface area contributed by atoms with Gasteiger partial charge in [-0.05, 0) is 30.2 Å². The van der Waals surface area contributed by atoms with E-state index in [9.17, 15) is 4.79 Å². The molecule has 1 aliphatic heterocycles. The number of methoxy groups -OCH3 is 1. The van der Waals surface area contributed by atoms with Crippen molar-refractivity contribution < 1.29 is 9.53 Å². The van der Waals surface area contributed by atoms with Gasteiger partial charge in [0.15, 0.2) is 0 Å². The van der Waals surface area contributed by atoms with Crippen LogP contribution in [-0.2, 0) is 6.54 Å². The molecular weight excluding hydrogens is 288 g/mol. The Labute approximate surface area is 137 Å². The molecule has 1 amide bonds. The van der Waals surface area contributed by atoms with Crippen LogP contribution in [0.3, 0.4) is 0 Å². The number of likely N-dealkylation sites (tertiary alicyclic amines) is 1. The molecule has 0 saturated carbocycles. The smallest absolute Gasteiger partial charge is 0.251 e. The molecule has 2 aromatic rings. The summed E-state index contributed by atoms with van der Waals surface area (Å²) in [5, 5.41) is 3.13. The Balaban J connectivity index is 1.54. The second-order valence-corrected chi connectivity index (χ2v) is 5.91. The first-order chi connectivity index (χ1) is 11.2. The van der Waals surface area contributed by atoms with Crippen molar-refractivity contribution in [2.45, 2.75) is 19.0 Å². The number of ether oxygens (including phenoxy) is 1. The topological polar surface area (TPSA) is 41.6 Å². The zero-order chi connectivity index (χ0) is 16.1. The van der Waals surface area contributed by atoms with Gasteiger partial charge in [-0.3, -0.25) is 9.69 Å². The normalized spacial score (nSPS) is 17.9. The monoisotopic (exact) mass is 310 g/mol. The second-order valence-electron chi connectivity index (χ2n) is 5.91. The Hall–Kier alpha value is -2.33. The molecule has 120 valence electrons. The largest absolute Gasteiger partial charge is 0.497 e. The number of hydrogen-bond donors (Lipinski definition) is 1. The predicted molar refractivity (Wildman–Crippen MR) is 90.6 cm³/mol. The van der Waals surface area contributed by atoms with E-state index in [1.54, 1.807) is 13.2 Å². The van der Waals surface area contributed by atoms with Crippen molar-refractivity contribution in [2.24, 2.45) is 0 Å². The van der Waals surface area contributed by atoms with Crippen LogP contribution in [0.2, 0.25) is 0 Å². The van der Waals surface area contributed by atoms with E-state index >= 15 is 0 Å². The van der Waals surface area contributed by atoms with E-state index in [-0.39, 0.29) is 11.9 Å². The Bertz CT molecular complexity index is 657. The van der Waals surface area contributed by atoms with E-state index in [0.717, 1.165) is 26.1 Å². The maximum Gasteiger partial charge on any atom is 0.251 e. The fourth-order valence-electron chi connectivity index (χ4n) is 2.97. The van der Waals surface area contributed by atoms with E-state index in [2.05, 4.69) is 34.5 Å². The SMILES string of the molecule is COc1cccc(C(=O)NC2CCN(Cc3ccccc3)C2)c1. The van der Waals surface area contributed by atoms with Gasteiger partial charge in [0.2, 0.25) is 0 Å². The van der Waals surface area contributed by atoms with Crippen LogP contribution in [-0.4, -0.2) is 37.0 Å². The molecule has 1 fully saturated rings. The third kappa shape index (κ3) is 4.11. The number of carbonyl (C=O) groups excluding carboxylic acids is 1. The fraction of sp³-hybridized carbons (Fsp3) is 0.316. The van der Waals surface area contributed by atoms with Gasteiger partial charge in [-0.25, -0.2) is 0 Å². The number of rotatable bonds is 5. The third-order valence-electron chi connectivity index (χ3n) is 4.19. The van der Waals surface area contributed by atoms with Gasteiger partial charge in [0, 0.05) is 31.2 Å². The molecule has 1 aliphatic rings. The van der Waals surface area contributed by atoms with E-state index in [4.69, 9.17) is 4.74 Å². The molecule has 0 spiro atoms. The first kappa shape index (κ1) is 15.6. The molecule has 1 saturated heterocycles. The van der Waals surface area contributed by atoms with E-state index < -0.39 is 0 Å². The molecule has 1 N–H and O–H groups in total. The molecule has 0 radical (unpaired) electrons. The Kier molecular flexibility index (Phi) is 4.93. The lowest BCUT2D eigenvalue weighted by molar-refractivity contribution is 0.0937. The summed E-state index contributed by atoms with van der Waals surface area (Å²) in [7, 11) is 1.61. The molecule has 1 atom stereocenters. The highest BCUT2D eigenvalue weighted by molar-refractivity contribution is 5.94. The molecule has 4 heteroatoms. The van der Waals surface area contributed by atoms with E-state index in [0.29, 0.717) is 11.3 Å². The highest BCUT2D eigenvalue weighted by Crippen LogP contribution is 2.16. The minimum atomic E-state index is -0.0320. The van der Waals surface area contributed by atoms with Crippen LogP contribution < -0.4 is 10.1 Å². The highest BCUT2D eigenvalue weighted by atomic mass is 16.5. The zero-order valence-corrected chi connectivity index (χ0v) is 13.4. The first-order valence-electron chi connectivity index (χ1n) is 7.96. The van der Waals surface area contributed by atoms with Crippen LogP contribution in [0.5, 0.6) is 5.75 Å². The van der Waals surface area contributed by atoms with Crippen LogP contribution in [0.4, 0.5) is 0 Å². The summed E-state index contributed by atoms with van der Waals surface area (Å²) >= 11 is 0. The van der Waals surface area contributed by atoms with Gasteiger partial charge in [0.25, 0.3) is 5.91 Å². The van der Waals surface area contributed by atoms with Gasteiger partial charge in [-0.2, -0.15) is 0 Å². The van der Waals surface area contributed by atoms with Crippen molar-refractivity contribution in [2.75, 3.05) is 20.2 Å². The number of amides is 1. The van der Waals surface area contributed by atoms with Crippen molar-refractivity contribution in [1.29, 1.82) is 0 Å². The summed E-state index contributed by atoms with van der Waals surface area (Å²) in [5.41, 5.74) is 1.96. The molecule has 2 aromatic carbocycles. The second kappa shape index (κ2) is 7.29. The van der Waals surface area contributed by atoms with Crippen molar-refractivity contribution in [3.05, 3.63) is 65.7 Å². The van der Waals surface area contributed by atoms with Gasteiger partial charge < -0.3 is 10.1 Å². The standard InChI is InChI=1S/C19H22N2O2/c1-23-18-9-5-8-16(12-18)19(22)20-17-10-11-21(14-17)13-15-6-3-2-4-7-15/h2-9,12,17H,10-11,13-14H2,1H3,(H,20,22). The van der Waals surface area contributed by atoms with Gasteiger partial charge in [-0.15, -0.1) is 0 Å². The van der Waals surface area contributed by atoms with Gasteiger partial charge in [0.1, 0.15) is 5.75 Å². The summed E-state index contributed by atoms with van der Waals surface area (Å²) in [6.07, 6.45) is 0.989. The average molecular weight is 310 g/mol. The highest BCUT2D eigenvalue weighted by Gasteiger charge is 2.24. The predicted octanol–water partition coefficient (Wildman–Crippen LogP) is 2.70. The van der Waals surface area contributed by atoms with Crippen LogP contribution >= 0.6 is 0 Å². The molecule has 1 unspecified atom stereocenters. The molecule has 0 aliphatic carbocycles. The fourth-order valence-corrected chi connectivity index (χ4v) is 2.97. The average Bonchev–Trinajstić information content (AvgIpc) is 3.02. The van der Waals surface area contributed by atoms with Crippen LogP contribution in [0, 0.1) is 0 Å². The zero-order valence-electron chi connectivity index (χ0n) is 13.4. The maximum atomic E-state index is 12.3. The van der Waals surface area contributed by atoms with Gasteiger partial charge in [0.05, 0.1) is 7.11 Å². The summed E-state index contributed by atoms with van der Waals surface area (Å²) in [6.45, 7) is 2.84. The van der Waals surface area contributed by atoms with Crippen molar-refractivity contribution in [3.8, 4) is 5.75 Å². The Morgan fingerprint density at radius 3 is 2.83 bits per heavy atom. The molecule has 3 rings (SSSR count). The number of carbonyl (C=O) groups is 1. The molecule has 0 aromatic heterocycles. The number of nitrogens with zero attached hydrogens (tertiary/aromatic N) is 1. The van der Waals surface area contributed by atoms with Crippen molar-refractivity contribution in [3.63, 3.8) is 0 Å². The molecule has 1 heterocycles. The van der Waals surface area contributed by atoms with Crippen molar-refractivity contribution in [1.82, 2.24) is 10.2 Å².